The van der Waals surface area contributed by atoms with Gasteiger partial charge in [-0.25, -0.2) is 9.67 Å². The number of pyridine rings is 1. The number of aromatic nitrogens is 3. The molecule has 0 bridgehead atoms. The third-order valence-corrected chi connectivity index (χ3v) is 3.03. The standard InChI is InChI=1S/C15H9ClN4/c16-14-6-11(8-17)7-15(19-14)20-10-13(9-18-20)12-4-2-1-3-5-12/h1-7,9-10H. The molecule has 0 unspecified atom stereocenters. The molecule has 1 aromatic carbocycles. The number of hydrogen-bond donors (Lipinski definition) is 0. The normalized spacial score (nSPS) is 10.2. The fourth-order valence-corrected chi connectivity index (χ4v) is 2.10. The van der Waals surface area contributed by atoms with Crippen molar-refractivity contribution in [1.29, 1.82) is 5.26 Å². The van der Waals surface area contributed by atoms with E-state index in [4.69, 9.17) is 16.9 Å². The van der Waals surface area contributed by atoms with Crippen LogP contribution < -0.4 is 0 Å². The number of hydrogen-bond acceptors (Lipinski definition) is 3. The molecule has 5 heteroatoms. The molecular weight excluding hydrogens is 272 g/mol. The van der Waals surface area contributed by atoms with Gasteiger partial charge in [-0.1, -0.05) is 41.9 Å². The molecule has 0 fully saturated rings. The third kappa shape index (κ3) is 2.40. The largest absolute Gasteiger partial charge is 0.222 e. The third-order valence-electron chi connectivity index (χ3n) is 2.83. The van der Waals surface area contributed by atoms with Crippen molar-refractivity contribution in [2.45, 2.75) is 0 Å². The zero-order valence-corrected chi connectivity index (χ0v) is 11.1. The summed E-state index contributed by atoms with van der Waals surface area (Å²) < 4.78 is 1.61. The van der Waals surface area contributed by atoms with Gasteiger partial charge in [-0.3, -0.25) is 0 Å². The Hall–Kier alpha value is -2.64. The van der Waals surface area contributed by atoms with Gasteiger partial charge in [-0.2, -0.15) is 10.4 Å². The summed E-state index contributed by atoms with van der Waals surface area (Å²) in [5.41, 5.74) is 2.50. The predicted molar refractivity (Wildman–Crippen MR) is 76.5 cm³/mol. The molecule has 96 valence electrons. The van der Waals surface area contributed by atoms with Crippen molar-refractivity contribution >= 4 is 11.6 Å². The zero-order chi connectivity index (χ0) is 13.9. The average Bonchev–Trinajstić information content (AvgIpc) is 2.97. The van der Waals surface area contributed by atoms with Crippen LogP contribution in [0.25, 0.3) is 16.9 Å². The quantitative estimate of drug-likeness (QED) is 0.676. The van der Waals surface area contributed by atoms with E-state index in [1.807, 2.05) is 36.5 Å². The van der Waals surface area contributed by atoms with Gasteiger partial charge < -0.3 is 0 Å². The van der Waals surface area contributed by atoms with E-state index in [1.54, 1.807) is 16.9 Å². The van der Waals surface area contributed by atoms with E-state index in [0.717, 1.165) is 11.1 Å². The summed E-state index contributed by atoms with van der Waals surface area (Å²) in [6.45, 7) is 0. The molecule has 0 aliphatic heterocycles. The fraction of sp³-hybridized carbons (Fsp3) is 0. The summed E-state index contributed by atoms with van der Waals surface area (Å²) in [6.07, 6.45) is 3.61. The smallest absolute Gasteiger partial charge is 0.156 e. The molecule has 4 nitrogen and oxygen atoms in total. The van der Waals surface area contributed by atoms with Crippen molar-refractivity contribution < 1.29 is 0 Å². The Morgan fingerprint density at radius 3 is 2.65 bits per heavy atom. The van der Waals surface area contributed by atoms with Crippen molar-refractivity contribution in [2.24, 2.45) is 0 Å². The molecule has 0 aliphatic rings. The second-order valence-electron chi connectivity index (χ2n) is 4.19. The number of rotatable bonds is 2. The van der Waals surface area contributed by atoms with E-state index in [9.17, 15) is 0 Å². The maximum Gasteiger partial charge on any atom is 0.156 e. The maximum absolute atomic E-state index is 8.95. The highest BCUT2D eigenvalue weighted by molar-refractivity contribution is 6.29. The molecule has 2 aromatic heterocycles. The first-order valence-corrected chi connectivity index (χ1v) is 6.32. The lowest BCUT2D eigenvalue weighted by Gasteiger charge is -2.01. The van der Waals surface area contributed by atoms with Crippen LogP contribution in [0.3, 0.4) is 0 Å². The van der Waals surface area contributed by atoms with Crippen LogP contribution in [0.5, 0.6) is 0 Å². The van der Waals surface area contributed by atoms with E-state index in [0.29, 0.717) is 11.4 Å². The Morgan fingerprint density at radius 1 is 1.10 bits per heavy atom. The van der Waals surface area contributed by atoms with Gasteiger partial charge in [0.1, 0.15) is 5.15 Å². The van der Waals surface area contributed by atoms with Crippen LogP contribution in [0.15, 0.2) is 54.9 Å². The van der Waals surface area contributed by atoms with E-state index < -0.39 is 0 Å². The predicted octanol–water partition coefficient (Wildman–Crippen LogP) is 3.46. The average molecular weight is 281 g/mol. The van der Waals surface area contributed by atoms with Crippen molar-refractivity contribution in [3.8, 4) is 23.0 Å². The lowest BCUT2D eigenvalue weighted by atomic mass is 10.1. The van der Waals surface area contributed by atoms with Gasteiger partial charge in [0.25, 0.3) is 0 Å². The summed E-state index contributed by atoms with van der Waals surface area (Å²) in [6, 6.07) is 15.1. The van der Waals surface area contributed by atoms with Gasteiger partial charge in [0.05, 0.1) is 17.8 Å². The highest BCUT2D eigenvalue weighted by atomic mass is 35.5. The molecule has 2 heterocycles. The molecule has 0 saturated carbocycles. The van der Waals surface area contributed by atoms with Gasteiger partial charge in [-0.15, -0.1) is 0 Å². The van der Waals surface area contributed by atoms with Gasteiger partial charge in [0.2, 0.25) is 0 Å². The first-order valence-electron chi connectivity index (χ1n) is 5.94. The molecular formula is C15H9ClN4. The van der Waals surface area contributed by atoms with E-state index in [2.05, 4.69) is 16.2 Å². The van der Waals surface area contributed by atoms with E-state index in [1.165, 1.54) is 6.07 Å². The molecule has 0 amide bonds. The van der Waals surface area contributed by atoms with Gasteiger partial charge in [0, 0.05) is 17.8 Å². The minimum absolute atomic E-state index is 0.274. The van der Waals surface area contributed by atoms with E-state index in [-0.39, 0.29) is 5.15 Å². The minimum atomic E-state index is 0.274. The lowest BCUT2D eigenvalue weighted by Crippen LogP contribution is -1.98. The highest BCUT2D eigenvalue weighted by Gasteiger charge is 2.06. The first kappa shape index (κ1) is 12.4. The molecule has 3 aromatic rings. The van der Waals surface area contributed by atoms with Crippen LogP contribution in [0.1, 0.15) is 5.56 Å². The molecule has 0 aliphatic carbocycles. The van der Waals surface area contributed by atoms with E-state index >= 15 is 0 Å². The number of nitriles is 1. The van der Waals surface area contributed by atoms with Crippen molar-refractivity contribution in [2.75, 3.05) is 0 Å². The Morgan fingerprint density at radius 2 is 1.90 bits per heavy atom. The van der Waals surface area contributed by atoms with Crippen LogP contribution in [0.4, 0.5) is 0 Å². The monoisotopic (exact) mass is 280 g/mol. The number of halogens is 1. The summed E-state index contributed by atoms with van der Waals surface area (Å²) >= 11 is 5.90. The zero-order valence-electron chi connectivity index (χ0n) is 10.4. The Bertz CT molecular complexity index is 787. The van der Waals surface area contributed by atoms with Crippen LogP contribution in [0.2, 0.25) is 5.15 Å². The second kappa shape index (κ2) is 5.16. The van der Waals surface area contributed by atoms with Crippen molar-refractivity contribution in [3.05, 3.63) is 65.6 Å². The van der Waals surface area contributed by atoms with Crippen LogP contribution in [-0.2, 0) is 0 Å². The fourth-order valence-electron chi connectivity index (χ4n) is 1.89. The Kier molecular flexibility index (Phi) is 3.20. The lowest BCUT2D eigenvalue weighted by molar-refractivity contribution is 0.846. The van der Waals surface area contributed by atoms with Crippen molar-refractivity contribution in [3.63, 3.8) is 0 Å². The molecule has 0 atom stereocenters. The number of nitrogens with zero attached hydrogens (tertiary/aromatic N) is 4. The molecule has 0 saturated heterocycles. The second-order valence-corrected chi connectivity index (χ2v) is 4.58. The molecule has 20 heavy (non-hydrogen) atoms. The first-order chi connectivity index (χ1) is 9.76. The maximum atomic E-state index is 8.95. The molecule has 0 N–H and O–H groups in total. The van der Waals surface area contributed by atoms with Crippen molar-refractivity contribution in [1.82, 2.24) is 14.8 Å². The SMILES string of the molecule is N#Cc1cc(Cl)nc(-n2cc(-c3ccccc3)cn2)c1. The highest BCUT2D eigenvalue weighted by Crippen LogP contribution is 2.20. The topological polar surface area (TPSA) is 54.5 Å². The van der Waals surface area contributed by atoms with Gasteiger partial charge >= 0.3 is 0 Å². The molecule has 0 radical (unpaired) electrons. The van der Waals surface area contributed by atoms with Gasteiger partial charge in [0.15, 0.2) is 5.82 Å². The van der Waals surface area contributed by atoms with Crippen LogP contribution >= 0.6 is 11.6 Å². The van der Waals surface area contributed by atoms with Crippen LogP contribution in [-0.4, -0.2) is 14.8 Å². The Balaban J connectivity index is 2.03. The van der Waals surface area contributed by atoms with Gasteiger partial charge in [-0.05, 0) is 11.6 Å². The molecule has 3 rings (SSSR count). The summed E-state index contributed by atoms with van der Waals surface area (Å²) in [4.78, 5) is 4.17. The Labute approximate surface area is 120 Å². The number of benzene rings is 1. The minimum Gasteiger partial charge on any atom is -0.222 e. The summed E-state index contributed by atoms with van der Waals surface area (Å²) in [7, 11) is 0. The summed E-state index contributed by atoms with van der Waals surface area (Å²) in [5.74, 6) is 0.524. The summed E-state index contributed by atoms with van der Waals surface area (Å²) in [5, 5.41) is 13.5. The molecule has 0 spiro atoms. The van der Waals surface area contributed by atoms with Crippen LogP contribution in [0, 0.1) is 11.3 Å².